The van der Waals surface area contributed by atoms with Crippen LogP contribution in [-0.2, 0) is 9.47 Å². The average molecular weight is 204 g/mol. The fourth-order valence-electron chi connectivity index (χ4n) is 1.31. The molecule has 0 spiro atoms. The first kappa shape index (κ1) is 11.6. The van der Waals surface area contributed by atoms with Crippen LogP contribution >= 0.6 is 0 Å². The Morgan fingerprint density at radius 1 is 1.29 bits per heavy atom. The Bertz CT molecular complexity index is 196. The lowest BCUT2D eigenvalue weighted by Gasteiger charge is -2.38. The van der Waals surface area contributed by atoms with Gasteiger partial charge in [0.15, 0.2) is 6.29 Å². The quantitative estimate of drug-likeness (QED) is 0.515. The Kier molecular flexibility index (Phi) is 4.03. The van der Waals surface area contributed by atoms with Crippen molar-refractivity contribution in [3.8, 4) is 0 Å². The first-order valence-electron chi connectivity index (χ1n) is 4.50. The maximum absolute atomic E-state index is 9.46. The van der Waals surface area contributed by atoms with Crippen molar-refractivity contribution in [2.75, 3.05) is 6.61 Å². The summed E-state index contributed by atoms with van der Waals surface area (Å²) >= 11 is 0. The first-order valence-corrected chi connectivity index (χ1v) is 4.50. The lowest BCUT2D eigenvalue weighted by Crippen LogP contribution is -2.57. The molecule has 1 rings (SSSR count). The molecule has 3 N–H and O–H groups in total. The maximum Gasteiger partial charge on any atom is 0.186 e. The molecule has 1 heterocycles. The van der Waals surface area contributed by atoms with Crippen LogP contribution in [0.5, 0.6) is 0 Å². The maximum atomic E-state index is 9.46. The van der Waals surface area contributed by atoms with Gasteiger partial charge in [0, 0.05) is 0 Å². The minimum atomic E-state index is -1.24. The van der Waals surface area contributed by atoms with Gasteiger partial charge in [-0.2, -0.15) is 0 Å². The summed E-state index contributed by atoms with van der Waals surface area (Å²) in [4.78, 5) is 0. The van der Waals surface area contributed by atoms with E-state index in [-0.39, 0.29) is 6.61 Å². The van der Waals surface area contributed by atoms with Gasteiger partial charge in [-0.3, -0.25) is 0 Å². The van der Waals surface area contributed by atoms with Crippen molar-refractivity contribution in [2.24, 2.45) is 0 Å². The summed E-state index contributed by atoms with van der Waals surface area (Å²) < 4.78 is 10.2. The van der Waals surface area contributed by atoms with Crippen LogP contribution in [0.3, 0.4) is 0 Å². The van der Waals surface area contributed by atoms with Crippen LogP contribution in [0, 0.1) is 0 Å². The molecule has 1 unspecified atom stereocenters. The summed E-state index contributed by atoms with van der Waals surface area (Å²) in [5, 5.41) is 28.2. The molecule has 0 saturated carbocycles. The van der Waals surface area contributed by atoms with Gasteiger partial charge < -0.3 is 24.8 Å². The lowest BCUT2D eigenvalue weighted by molar-refractivity contribution is -0.290. The minimum Gasteiger partial charge on any atom is -0.388 e. The monoisotopic (exact) mass is 204 g/mol. The van der Waals surface area contributed by atoms with Crippen molar-refractivity contribution in [1.29, 1.82) is 0 Å². The highest BCUT2D eigenvalue weighted by Gasteiger charge is 2.42. The van der Waals surface area contributed by atoms with Crippen molar-refractivity contribution < 1.29 is 24.8 Å². The minimum absolute atomic E-state index is 0.220. The lowest BCUT2D eigenvalue weighted by atomic mass is 10.0. The SMILES string of the molecule is C=CCOC1O[C@H](C)[C@@H](O)[C@H](O)[C@H]1O. The fraction of sp³-hybridized carbons (Fsp3) is 0.778. The zero-order chi connectivity index (χ0) is 10.7. The summed E-state index contributed by atoms with van der Waals surface area (Å²) in [6.07, 6.45) is -3.54. The largest absolute Gasteiger partial charge is 0.388 e. The van der Waals surface area contributed by atoms with Crippen molar-refractivity contribution >= 4 is 0 Å². The van der Waals surface area contributed by atoms with Crippen LogP contribution in [0.1, 0.15) is 6.92 Å². The zero-order valence-electron chi connectivity index (χ0n) is 8.04. The third-order valence-electron chi connectivity index (χ3n) is 2.19. The van der Waals surface area contributed by atoms with Crippen LogP contribution in [0.4, 0.5) is 0 Å². The molecule has 14 heavy (non-hydrogen) atoms. The van der Waals surface area contributed by atoms with Crippen molar-refractivity contribution in [3.05, 3.63) is 12.7 Å². The van der Waals surface area contributed by atoms with E-state index >= 15 is 0 Å². The second-order valence-electron chi connectivity index (χ2n) is 3.30. The van der Waals surface area contributed by atoms with Crippen LogP contribution in [0.2, 0.25) is 0 Å². The molecule has 0 aromatic rings. The normalized spacial score (nSPS) is 43.6. The molecule has 0 aromatic carbocycles. The van der Waals surface area contributed by atoms with Gasteiger partial charge in [0.25, 0.3) is 0 Å². The van der Waals surface area contributed by atoms with Crippen LogP contribution in [0.15, 0.2) is 12.7 Å². The van der Waals surface area contributed by atoms with E-state index in [1.807, 2.05) is 0 Å². The second-order valence-corrected chi connectivity index (χ2v) is 3.30. The Morgan fingerprint density at radius 3 is 2.50 bits per heavy atom. The van der Waals surface area contributed by atoms with Crippen molar-refractivity contribution in [1.82, 2.24) is 0 Å². The molecule has 0 aliphatic carbocycles. The highest BCUT2D eigenvalue weighted by atomic mass is 16.7. The predicted molar refractivity (Wildman–Crippen MR) is 48.5 cm³/mol. The average Bonchev–Trinajstić information content (AvgIpc) is 2.18. The first-order chi connectivity index (χ1) is 6.57. The summed E-state index contributed by atoms with van der Waals surface area (Å²) in [5.41, 5.74) is 0. The van der Waals surface area contributed by atoms with Gasteiger partial charge in [-0.1, -0.05) is 6.08 Å². The van der Waals surface area contributed by atoms with E-state index in [4.69, 9.17) is 9.47 Å². The van der Waals surface area contributed by atoms with Crippen molar-refractivity contribution in [3.63, 3.8) is 0 Å². The summed E-state index contributed by atoms with van der Waals surface area (Å²) in [6, 6.07) is 0. The highest BCUT2D eigenvalue weighted by Crippen LogP contribution is 2.21. The van der Waals surface area contributed by atoms with E-state index in [0.29, 0.717) is 0 Å². The summed E-state index contributed by atoms with van der Waals surface area (Å²) in [5.74, 6) is 0. The molecule has 0 radical (unpaired) electrons. The second kappa shape index (κ2) is 4.86. The predicted octanol–water partition coefficient (Wildman–Crippen LogP) is -0.984. The van der Waals surface area contributed by atoms with Gasteiger partial charge in [-0.15, -0.1) is 6.58 Å². The van der Waals surface area contributed by atoms with Gasteiger partial charge in [-0.25, -0.2) is 0 Å². The van der Waals surface area contributed by atoms with E-state index in [0.717, 1.165) is 0 Å². The standard InChI is InChI=1S/C9H16O5/c1-3-4-13-9-8(12)7(11)6(10)5(2)14-9/h3,5-12H,1,4H2,2H3/t5-,6-,7+,8-,9?/m1/s1. The van der Waals surface area contributed by atoms with E-state index in [9.17, 15) is 15.3 Å². The number of hydrogen-bond donors (Lipinski definition) is 3. The Hall–Kier alpha value is -0.460. The van der Waals surface area contributed by atoms with Crippen LogP contribution < -0.4 is 0 Å². The molecule has 1 fully saturated rings. The van der Waals surface area contributed by atoms with E-state index in [1.54, 1.807) is 6.92 Å². The highest BCUT2D eigenvalue weighted by molar-refractivity contribution is 4.87. The molecule has 1 aliphatic rings. The summed E-state index contributed by atoms with van der Waals surface area (Å²) in [6.45, 7) is 5.27. The van der Waals surface area contributed by atoms with Gasteiger partial charge in [0.05, 0.1) is 12.7 Å². The number of hydrogen-bond acceptors (Lipinski definition) is 5. The molecule has 1 saturated heterocycles. The fourth-order valence-corrected chi connectivity index (χ4v) is 1.31. The van der Waals surface area contributed by atoms with Gasteiger partial charge in [0.1, 0.15) is 18.3 Å². The zero-order valence-corrected chi connectivity index (χ0v) is 8.04. The van der Waals surface area contributed by atoms with E-state index in [2.05, 4.69) is 6.58 Å². The van der Waals surface area contributed by atoms with Gasteiger partial charge >= 0.3 is 0 Å². The van der Waals surface area contributed by atoms with Gasteiger partial charge in [-0.05, 0) is 6.92 Å². The topological polar surface area (TPSA) is 79.2 Å². The molecule has 0 bridgehead atoms. The number of ether oxygens (including phenoxy) is 2. The third kappa shape index (κ3) is 2.31. The van der Waals surface area contributed by atoms with Crippen LogP contribution in [0.25, 0.3) is 0 Å². The molecular weight excluding hydrogens is 188 g/mol. The van der Waals surface area contributed by atoms with E-state index < -0.39 is 30.7 Å². The Morgan fingerprint density at radius 2 is 1.93 bits per heavy atom. The molecule has 0 amide bonds. The molecule has 5 atom stereocenters. The van der Waals surface area contributed by atoms with Crippen LogP contribution in [-0.4, -0.2) is 52.6 Å². The van der Waals surface area contributed by atoms with E-state index in [1.165, 1.54) is 6.08 Å². The Balaban J connectivity index is 2.55. The Labute approximate surface area is 82.6 Å². The number of rotatable bonds is 3. The molecule has 1 aliphatic heterocycles. The molecule has 0 aromatic heterocycles. The van der Waals surface area contributed by atoms with Crippen molar-refractivity contribution in [2.45, 2.75) is 37.6 Å². The molecule has 5 nitrogen and oxygen atoms in total. The number of aliphatic hydroxyl groups is 3. The molecule has 5 heteroatoms. The third-order valence-corrected chi connectivity index (χ3v) is 2.19. The molecule has 82 valence electrons. The summed E-state index contributed by atoms with van der Waals surface area (Å²) in [7, 11) is 0. The number of aliphatic hydroxyl groups excluding tert-OH is 3. The molecular formula is C9H16O5. The smallest absolute Gasteiger partial charge is 0.186 e. The van der Waals surface area contributed by atoms with Gasteiger partial charge in [0.2, 0.25) is 0 Å².